The van der Waals surface area contributed by atoms with Gasteiger partial charge in [0.15, 0.2) is 17.0 Å². The lowest BCUT2D eigenvalue weighted by Crippen LogP contribution is -2.39. The molecule has 1 aliphatic heterocycles. The topological polar surface area (TPSA) is 96.9 Å². The summed E-state index contributed by atoms with van der Waals surface area (Å²) in [4.78, 5) is 14.4. The first-order valence-corrected chi connectivity index (χ1v) is 12.9. The Balaban J connectivity index is 1.30. The van der Waals surface area contributed by atoms with Gasteiger partial charge in [-0.25, -0.2) is 9.99 Å². The van der Waals surface area contributed by atoms with Crippen molar-refractivity contribution < 1.29 is 0 Å². The van der Waals surface area contributed by atoms with Gasteiger partial charge in [-0.3, -0.25) is 0 Å². The van der Waals surface area contributed by atoms with E-state index in [0.717, 1.165) is 68.1 Å². The van der Waals surface area contributed by atoms with Gasteiger partial charge in [-0.1, -0.05) is 30.3 Å². The van der Waals surface area contributed by atoms with E-state index in [9.17, 15) is 0 Å². The monoisotopic (exact) mass is 462 g/mol. The van der Waals surface area contributed by atoms with Gasteiger partial charge in [-0.05, 0) is 70.3 Å². The minimum atomic E-state index is 0.280. The van der Waals surface area contributed by atoms with Gasteiger partial charge in [0.25, 0.3) is 0 Å². The first-order valence-electron chi connectivity index (χ1n) is 12.9. The summed E-state index contributed by atoms with van der Waals surface area (Å²) < 4.78 is 2.12. The molecule has 2 aromatic heterocycles. The Hall–Kier alpha value is -2.71. The molecule has 0 spiro atoms. The van der Waals surface area contributed by atoms with Gasteiger partial charge in [0, 0.05) is 31.2 Å². The maximum atomic E-state index is 6.10. The summed E-state index contributed by atoms with van der Waals surface area (Å²) in [6, 6.07) is 11.8. The van der Waals surface area contributed by atoms with E-state index in [1.54, 1.807) is 0 Å². The number of anilines is 2. The zero-order valence-corrected chi connectivity index (χ0v) is 20.5. The van der Waals surface area contributed by atoms with E-state index < -0.39 is 0 Å². The van der Waals surface area contributed by atoms with Crippen LogP contribution in [0.5, 0.6) is 0 Å². The van der Waals surface area contributed by atoms with Crippen LogP contribution in [0.2, 0.25) is 0 Å². The molecule has 182 valence electrons. The first-order chi connectivity index (χ1) is 16.5. The largest absolute Gasteiger partial charge is 0.351 e. The van der Waals surface area contributed by atoms with E-state index in [-0.39, 0.29) is 6.04 Å². The third-order valence-electron chi connectivity index (χ3n) is 7.33. The average molecular weight is 463 g/mol. The van der Waals surface area contributed by atoms with Crippen LogP contribution in [0.15, 0.2) is 36.7 Å². The summed E-state index contributed by atoms with van der Waals surface area (Å²) in [5.41, 5.74) is 12.8. The molecule has 2 fully saturated rings. The fourth-order valence-electron chi connectivity index (χ4n) is 5.23. The number of nitrogens with two attached hydrogens (primary N) is 1. The Morgan fingerprint density at radius 1 is 1.00 bits per heavy atom. The number of fused-ring (bicyclic) bond motifs is 1. The molecule has 34 heavy (non-hydrogen) atoms. The Kier molecular flexibility index (Phi) is 6.97. The van der Waals surface area contributed by atoms with E-state index >= 15 is 0 Å². The highest BCUT2D eigenvalue weighted by Gasteiger charge is 2.24. The molecule has 5 rings (SSSR count). The molecular weight excluding hydrogens is 424 g/mol. The summed E-state index contributed by atoms with van der Waals surface area (Å²) in [6.07, 6.45) is 9.59. The molecule has 1 saturated carbocycles. The summed E-state index contributed by atoms with van der Waals surface area (Å²) in [5, 5.41) is 5.88. The predicted molar refractivity (Wildman–Crippen MR) is 138 cm³/mol. The van der Waals surface area contributed by atoms with Gasteiger partial charge in [0.1, 0.15) is 0 Å². The van der Waals surface area contributed by atoms with E-state index in [0.29, 0.717) is 18.0 Å². The van der Waals surface area contributed by atoms with E-state index in [1.165, 1.54) is 18.4 Å². The lowest BCUT2D eigenvalue weighted by atomic mass is 9.91. The fraction of sp³-hybridized carbons (Fsp3) is 0.577. The number of nitrogens with one attached hydrogen (secondary N) is 2. The fourth-order valence-corrected chi connectivity index (χ4v) is 5.23. The molecule has 0 bridgehead atoms. The van der Waals surface area contributed by atoms with Crippen LogP contribution >= 0.6 is 0 Å². The second-order valence-electron chi connectivity index (χ2n) is 10.3. The number of piperidine rings is 1. The number of imidazole rings is 1. The van der Waals surface area contributed by atoms with Crippen molar-refractivity contribution in [2.75, 3.05) is 23.8 Å². The van der Waals surface area contributed by atoms with Crippen LogP contribution in [0.3, 0.4) is 0 Å². The van der Waals surface area contributed by atoms with Crippen LogP contribution in [0.1, 0.15) is 64.0 Å². The van der Waals surface area contributed by atoms with E-state index in [1.807, 2.05) is 6.33 Å². The number of hydrazine groups is 1. The van der Waals surface area contributed by atoms with Gasteiger partial charge < -0.3 is 21.0 Å². The summed E-state index contributed by atoms with van der Waals surface area (Å²) in [5.74, 6) is 2.19. The third-order valence-corrected chi connectivity index (χ3v) is 7.33. The van der Waals surface area contributed by atoms with Crippen molar-refractivity contribution in [3.05, 3.63) is 42.2 Å². The molecule has 0 unspecified atom stereocenters. The van der Waals surface area contributed by atoms with Crippen molar-refractivity contribution in [3.63, 3.8) is 0 Å². The standard InChI is InChI=1S/C26H38N8/c1-18(2)34-17-28-23-24(30-26(31-25(23)34)29-22-10-8-21(27)9-11-22)32-33-14-12-20(13-15-33)16-19-6-4-3-5-7-19/h3-7,17-18,20-22H,8-16,27H2,1-2H3,(H2,29,30,31,32)/t21-,22-. The van der Waals surface area contributed by atoms with Crippen LogP contribution in [0, 0.1) is 5.92 Å². The lowest BCUT2D eigenvalue weighted by molar-refractivity contribution is 0.216. The zero-order valence-electron chi connectivity index (χ0n) is 20.5. The minimum absolute atomic E-state index is 0.280. The maximum absolute atomic E-state index is 6.10. The van der Waals surface area contributed by atoms with E-state index in [4.69, 9.17) is 15.7 Å². The molecule has 0 atom stereocenters. The molecule has 2 aliphatic rings. The Labute approximate surface area is 202 Å². The van der Waals surface area contributed by atoms with Gasteiger partial charge in [0.05, 0.1) is 6.33 Å². The molecule has 3 heterocycles. The number of rotatable bonds is 7. The molecule has 0 radical (unpaired) electrons. The SMILES string of the molecule is CC(C)n1cnc2c(NN3CCC(Cc4ccccc4)CC3)nc(N[C@H]3CC[C@H](N)CC3)nc21. The lowest BCUT2D eigenvalue weighted by Gasteiger charge is -2.32. The van der Waals surface area contributed by atoms with E-state index in [2.05, 4.69) is 69.5 Å². The van der Waals surface area contributed by atoms with Crippen molar-refractivity contribution in [1.29, 1.82) is 0 Å². The number of nitrogens with zero attached hydrogens (tertiary/aromatic N) is 5. The van der Waals surface area contributed by atoms with Crippen molar-refractivity contribution >= 4 is 22.9 Å². The average Bonchev–Trinajstić information content (AvgIpc) is 3.27. The number of benzene rings is 1. The Morgan fingerprint density at radius 2 is 1.74 bits per heavy atom. The van der Waals surface area contributed by atoms with Gasteiger partial charge in [0.2, 0.25) is 5.95 Å². The van der Waals surface area contributed by atoms with Crippen LogP contribution < -0.4 is 16.5 Å². The molecule has 1 saturated heterocycles. The second-order valence-corrected chi connectivity index (χ2v) is 10.3. The first kappa shape index (κ1) is 23.1. The summed E-state index contributed by atoms with van der Waals surface area (Å²) in [7, 11) is 0. The Morgan fingerprint density at radius 3 is 2.44 bits per heavy atom. The molecule has 0 amide bonds. The summed E-state index contributed by atoms with van der Waals surface area (Å²) >= 11 is 0. The maximum Gasteiger partial charge on any atom is 0.227 e. The molecule has 1 aromatic carbocycles. The number of hydrogen-bond donors (Lipinski definition) is 3. The molecule has 3 aromatic rings. The van der Waals surface area contributed by atoms with Crippen LogP contribution in [-0.4, -0.2) is 49.7 Å². The normalized spacial score (nSPS) is 22.4. The van der Waals surface area contributed by atoms with Crippen molar-refractivity contribution in [2.45, 2.75) is 76.9 Å². The predicted octanol–water partition coefficient (Wildman–Crippen LogP) is 4.37. The van der Waals surface area contributed by atoms with Gasteiger partial charge >= 0.3 is 0 Å². The van der Waals surface area contributed by atoms with Crippen LogP contribution in [0.25, 0.3) is 11.2 Å². The third kappa shape index (κ3) is 5.33. The highest BCUT2D eigenvalue weighted by molar-refractivity contribution is 5.84. The molecule has 8 nitrogen and oxygen atoms in total. The highest BCUT2D eigenvalue weighted by Crippen LogP contribution is 2.28. The van der Waals surface area contributed by atoms with Crippen LogP contribution in [-0.2, 0) is 6.42 Å². The Bertz CT molecular complexity index is 1060. The van der Waals surface area contributed by atoms with Crippen LogP contribution in [0.4, 0.5) is 11.8 Å². The molecular formula is C26H38N8. The number of hydrogen-bond acceptors (Lipinski definition) is 7. The second kappa shape index (κ2) is 10.3. The molecule has 4 N–H and O–H groups in total. The molecule has 8 heteroatoms. The summed E-state index contributed by atoms with van der Waals surface area (Å²) in [6.45, 7) is 6.31. The highest BCUT2D eigenvalue weighted by atomic mass is 15.5. The van der Waals surface area contributed by atoms with Gasteiger partial charge in [-0.15, -0.1) is 0 Å². The smallest absolute Gasteiger partial charge is 0.227 e. The molecule has 1 aliphatic carbocycles. The van der Waals surface area contributed by atoms with Crippen molar-refractivity contribution in [1.82, 2.24) is 24.5 Å². The number of aromatic nitrogens is 4. The van der Waals surface area contributed by atoms with Gasteiger partial charge in [-0.2, -0.15) is 9.97 Å². The van der Waals surface area contributed by atoms with Crippen molar-refractivity contribution in [3.8, 4) is 0 Å². The minimum Gasteiger partial charge on any atom is -0.351 e. The quantitative estimate of drug-likeness (QED) is 0.480. The van der Waals surface area contributed by atoms with Crippen molar-refractivity contribution in [2.24, 2.45) is 11.7 Å². The zero-order chi connectivity index (χ0) is 23.5.